The first-order chi connectivity index (χ1) is 8.62. The van der Waals surface area contributed by atoms with Gasteiger partial charge in [0.1, 0.15) is 11.4 Å². The van der Waals surface area contributed by atoms with Crippen molar-refractivity contribution in [3.63, 3.8) is 0 Å². The van der Waals surface area contributed by atoms with Crippen LogP contribution in [0.3, 0.4) is 0 Å². The Kier molecular flexibility index (Phi) is 2.86. The number of rotatable bonds is 0. The number of fused-ring (bicyclic) bond motifs is 1. The van der Waals surface area contributed by atoms with Crippen molar-refractivity contribution in [3.8, 4) is 5.75 Å². The lowest BCUT2D eigenvalue weighted by Gasteiger charge is -2.49. The predicted octanol–water partition coefficient (Wildman–Crippen LogP) is 3.70. The van der Waals surface area contributed by atoms with Crippen molar-refractivity contribution in [1.29, 1.82) is 0 Å². The molecule has 1 N–H and O–H groups in total. The first-order valence-electron chi connectivity index (χ1n) is 7.08. The van der Waals surface area contributed by atoms with Gasteiger partial charge >= 0.3 is 0 Å². The highest BCUT2D eigenvalue weighted by Gasteiger charge is 2.47. The second-order valence-electron chi connectivity index (χ2n) is 6.08. The molecule has 0 amide bonds. The molecule has 1 aromatic rings. The van der Waals surface area contributed by atoms with E-state index in [0.717, 1.165) is 24.2 Å². The predicted molar refractivity (Wildman–Crippen MR) is 71.6 cm³/mol. The third kappa shape index (κ3) is 1.74. The van der Waals surface area contributed by atoms with Crippen LogP contribution in [0.25, 0.3) is 0 Å². The van der Waals surface area contributed by atoms with Crippen molar-refractivity contribution >= 4 is 0 Å². The van der Waals surface area contributed by atoms with E-state index >= 15 is 0 Å². The van der Waals surface area contributed by atoms with Gasteiger partial charge in [-0.3, -0.25) is 0 Å². The van der Waals surface area contributed by atoms with Crippen molar-refractivity contribution in [1.82, 2.24) is 0 Å². The fraction of sp³-hybridized carbons (Fsp3) is 0.625. The monoisotopic (exact) mass is 246 g/mol. The Labute approximate surface area is 109 Å². The van der Waals surface area contributed by atoms with Gasteiger partial charge in [0, 0.05) is 12.0 Å². The van der Waals surface area contributed by atoms with Gasteiger partial charge < -0.3 is 9.84 Å². The molecule has 1 heterocycles. The summed E-state index contributed by atoms with van der Waals surface area (Å²) in [5, 5.41) is 10.4. The lowest BCUT2D eigenvalue weighted by atomic mass is 9.67. The van der Waals surface area contributed by atoms with Gasteiger partial charge in [-0.2, -0.15) is 0 Å². The highest BCUT2D eigenvalue weighted by Crippen LogP contribution is 2.49. The van der Waals surface area contributed by atoms with E-state index in [4.69, 9.17) is 4.74 Å². The fourth-order valence-corrected chi connectivity index (χ4v) is 3.70. The molecule has 0 radical (unpaired) electrons. The average molecular weight is 246 g/mol. The maximum Gasteiger partial charge on any atom is 0.125 e. The number of aliphatic hydroxyl groups is 1. The molecular formula is C16H22O2. The van der Waals surface area contributed by atoms with Crippen LogP contribution in [-0.4, -0.2) is 10.7 Å². The van der Waals surface area contributed by atoms with Crippen LogP contribution in [0.1, 0.15) is 51.2 Å². The third-order valence-corrected chi connectivity index (χ3v) is 5.07. The molecular weight excluding hydrogens is 224 g/mol. The third-order valence-electron chi connectivity index (χ3n) is 5.07. The standard InChI is InChI=1S/C16H22O2/c1-11-6-5-9-16(12(11)2)10-14(17)13-7-3-4-8-15(13)18-16/h3-4,7-8,11-12,14,17H,5-6,9-10H2,1-2H3/t11?,12?,14-,16?/m0/s1. The molecule has 0 bridgehead atoms. The molecule has 4 atom stereocenters. The van der Waals surface area contributed by atoms with Crippen molar-refractivity contribution in [2.45, 2.75) is 51.2 Å². The molecule has 1 fully saturated rings. The first-order valence-corrected chi connectivity index (χ1v) is 7.08. The molecule has 3 unspecified atom stereocenters. The molecule has 0 aromatic heterocycles. The van der Waals surface area contributed by atoms with Crippen LogP contribution in [0.2, 0.25) is 0 Å². The lowest BCUT2D eigenvalue weighted by molar-refractivity contribution is -0.0879. The number of hydrogen-bond donors (Lipinski definition) is 1. The second kappa shape index (κ2) is 4.27. The largest absolute Gasteiger partial charge is 0.486 e. The SMILES string of the molecule is CC1CCCC2(C[C@H](O)c3ccccc3O2)C1C. The quantitative estimate of drug-likeness (QED) is 0.756. The first kappa shape index (κ1) is 12.0. The van der Waals surface area contributed by atoms with E-state index < -0.39 is 0 Å². The van der Waals surface area contributed by atoms with Crippen molar-refractivity contribution in [3.05, 3.63) is 29.8 Å². The molecule has 3 rings (SSSR count). The summed E-state index contributed by atoms with van der Waals surface area (Å²) in [7, 11) is 0. The molecule has 1 aromatic carbocycles. The molecule has 1 aliphatic carbocycles. The van der Waals surface area contributed by atoms with Gasteiger partial charge in [-0.1, -0.05) is 38.5 Å². The van der Waals surface area contributed by atoms with Crippen molar-refractivity contribution in [2.24, 2.45) is 11.8 Å². The van der Waals surface area contributed by atoms with E-state index in [2.05, 4.69) is 13.8 Å². The molecule has 1 saturated carbocycles. The summed E-state index contributed by atoms with van der Waals surface area (Å²) in [6.45, 7) is 4.59. The fourth-order valence-electron chi connectivity index (χ4n) is 3.70. The number of aliphatic hydroxyl groups excluding tert-OH is 1. The van der Waals surface area contributed by atoms with Crippen LogP contribution in [0.15, 0.2) is 24.3 Å². The van der Waals surface area contributed by atoms with Crippen molar-refractivity contribution in [2.75, 3.05) is 0 Å². The summed E-state index contributed by atoms with van der Waals surface area (Å²) in [6.07, 6.45) is 3.94. The highest BCUT2D eigenvalue weighted by molar-refractivity contribution is 5.38. The molecule has 18 heavy (non-hydrogen) atoms. The maximum atomic E-state index is 10.4. The van der Waals surface area contributed by atoms with Crippen LogP contribution in [0.5, 0.6) is 5.75 Å². The summed E-state index contributed by atoms with van der Waals surface area (Å²) in [4.78, 5) is 0. The normalized spacial score (nSPS) is 39.2. The number of para-hydroxylation sites is 1. The topological polar surface area (TPSA) is 29.5 Å². The van der Waals surface area contributed by atoms with Crippen LogP contribution in [0, 0.1) is 11.8 Å². The Hall–Kier alpha value is -1.02. The van der Waals surface area contributed by atoms with E-state index in [1.54, 1.807) is 0 Å². The van der Waals surface area contributed by atoms with Gasteiger partial charge in [0.05, 0.1) is 6.10 Å². The lowest BCUT2D eigenvalue weighted by Crippen LogP contribution is -2.50. The minimum atomic E-state index is -0.373. The Morgan fingerprint density at radius 2 is 2.06 bits per heavy atom. The van der Waals surface area contributed by atoms with Gasteiger partial charge in [-0.15, -0.1) is 0 Å². The molecule has 1 spiro atoms. The van der Waals surface area contributed by atoms with Crippen LogP contribution in [-0.2, 0) is 0 Å². The Morgan fingerprint density at radius 1 is 1.28 bits per heavy atom. The van der Waals surface area contributed by atoms with E-state index in [-0.39, 0.29) is 11.7 Å². The highest BCUT2D eigenvalue weighted by atomic mass is 16.5. The zero-order valence-corrected chi connectivity index (χ0v) is 11.2. The van der Waals surface area contributed by atoms with Gasteiger partial charge in [0.25, 0.3) is 0 Å². The number of hydrogen-bond acceptors (Lipinski definition) is 2. The minimum absolute atomic E-state index is 0.147. The summed E-state index contributed by atoms with van der Waals surface area (Å²) in [6, 6.07) is 7.92. The number of ether oxygens (including phenoxy) is 1. The van der Waals surface area contributed by atoms with Crippen LogP contribution >= 0.6 is 0 Å². The summed E-state index contributed by atoms with van der Waals surface area (Å²) in [5.41, 5.74) is 0.805. The smallest absolute Gasteiger partial charge is 0.125 e. The molecule has 2 heteroatoms. The zero-order valence-electron chi connectivity index (χ0n) is 11.2. The minimum Gasteiger partial charge on any atom is -0.486 e. The Morgan fingerprint density at radius 3 is 2.89 bits per heavy atom. The van der Waals surface area contributed by atoms with Crippen LogP contribution < -0.4 is 4.74 Å². The summed E-state index contributed by atoms with van der Waals surface area (Å²) in [5.74, 6) is 2.07. The van der Waals surface area contributed by atoms with Gasteiger partial charge in [-0.25, -0.2) is 0 Å². The Balaban J connectivity index is 1.97. The van der Waals surface area contributed by atoms with Crippen molar-refractivity contribution < 1.29 is 9.84 Å². The van der Waals surface area contributed by atoms with E-state index in [0.29, 0.717) is 11.8 Å². The average Bonchev–Trinajstić information content (AvgIpc) is 2.36. The van der Waals surface area contributed by atoms with E-state index in [1.165, 1.54) is 12.8 Å². The molecule has 1 aliphatic heterocycles. The molecule has 0 saturated heterocycles. The Bertz CT molecular complexity index is 442. The van der Waals surface area contributed by atoms with Gasteiger partial charge in [0.15, 0.2) is 0 Å². The molecule has 2 nitrogen and oxygen atoms in total. The summed E-state index contributed by atoms with van der Waals surface area (Å²) < 4.78 is 6.35. The van der Waals surface area contributed by atoms with Gasteiger partial charge in [-0.05, 0) is 30.7 Å². The molecule has 2 aliphatic rings. The number of benzene rings is 1. The zero-order chi connectivity index (χ0) is 12.8. The van der Waals surface area contributed by atoms with Crippen LogP contribution in [0.4, 0.5) is 0 Å². The molecule has 98 valence electrons. The van der Waals surface area contributed by atoms with E-state index in [9.17, 15) is 5.11 Å². The second-order valence-corrected chi connectivity index (χ2v) is 6.08. The maximum absolute atomic E-state index is 10.4. The summed E-state index contributed by atoms with van der Waals surface area (Å²) >= 11 is 0. The van der Waals surface area contributed by atoms with E-state index in [1.807, 2.05) is 24.3 Å². The van der Waals surface area contributed by atoms with Gasteiger partial charge in [0.2, 0.25) is 0 Å².